The van der Waals surface area contributed by atoms with Crippen molar-refractivity contribution in [3.63, 3.8) is 0 Å². The fraction of sp³-hybridized carbons (Fsp3) is 0.312. The van der Waals surface area contributed by atoms with Crippen LogP contribution in [0.25, 0.3) is 0 Å². The Hall–Kier alpha value is -2.29. The Morgan fingerprint density at radius 1 is 1.28 bits per heavy atom. The number of carbonyl (C=O) groups is 1. The summed E-state index contributed by atoms with van der Waals surface area (Å²) in [4.78, 5) is 30.6. The summed E-state index contributed by atoms with van der Waals surface area (Å²) in [6, 6.07) is 4.17. The lowest BCUT2D eigenvalue weighted by Gasteiger charge is -2.09. The van der Waals surface area contributed by atoms with Crippen LogP contribution in [-0.2, 0) is 17.4 Å². The number of aromatic amines is 1. The van der Waals surface area contributed by atoms with E-state index in [9.17, 15) is 22.8 Å². The van der Waals surface area contributed by atoms with Gasteiger partial charge in [-0.1, -0.05) is 18.7 Å². The Labute approximate surface area is 146 Å². The molecule has 0 unspecified atom stereocenters. The highest BCUT2D eigenvalue weighted by atomic mass is 32.2. The van der Waals surface area contributed by atoms with Crippen molar-refractivity contribution in [3.8, 4) is 0 Å². The van der Waals surface area contributed by atoms with E-state index in [4.69, 9.17) is 0 Å². The molecule has 9 heteroatoms. The van der Waals surface area contributed by atoms with E-state index in [-0.39, 0.29) is 17.0 Å². The standard InChI is InChI=1S/C16H16F3N3O2S/c1-3-12-9(2)20-15(22-14(12)24)25-8-13(23)21-11-6-4-10(5-7-11)16(17,18)19/h4-7H,3,8H2,1-2H3,(H,21,23)(H,20,22,24). The predicted molar refractivity (Wildman–Crippen MR) is 89.8 cm³/mol. The Kier molecular flexibility index (Phi) is 5.89. The maximum Gasteiger partial charge on any atom is 0.416 e. The summed E-state index contributed by atoms with van der Waals surface area (Å²) in [7, 11) is 0. The highest BCUT2D eigenvalue weighted by Crippen LogP contribution is 2.29. The van der Waals surface area contributed by atoms with E-state index in [0.717, 1.165) is 23.9 Å². The minimum Gasteiger partial charge on any atom is -0.325 e. The second kappa shape index (κ2) is 7.73. The van der Waals surface area contributed by atoms with Crippen LogP contribution in [-0.4, -0.2) is 21.6 Å². The first-order valence-electron chi connectivity index (χ1n) is 7.40. The molecular formula is C16H16F3N3O2S. The van der Waals surface area contributed by atoms with Crippen LogP contribution in [0, 0.1) is 6.92 Å². The maximum absolute atomic E-state index is 12.5. The molecule has 0 fully saturated rings. The summed E-state index contributed by atoms with van der Waals surface area (Å²) in [6.07, 6.45) is -3.86. The average Bonchev–Trinajstić information content (AvgIpc) is 2.52. The molecule has 0 aliphatic carbocycles. The number of benzene rings is 1. The molecule has 2 rings (SSSR count). The van der Waals surface area contributed by atoms with Crippen molar-refractivity contribution in [3.05, 3.63) is 51.4 Å². The lowest BCUT2D eigenvalue weighted by Crippen LogP contribution is -2.18. The van der Waals surface area contributed by atoms with E-state index < -0.39 is 17.6 Å². The lowest BCUT2D eigenvalue weighted by atomic mass is 10.2. The number of anilines is 1. The van der Waals surface area contributed by atoms with Gasteiger partial charge < -0.3 is 10.3 Å². The van der Waals surface area contributed by atoms with Gasteiger partial charge in [0.25, 0.3) is 5.56 Å². The predicted octanol–water partition coefficient (Wildman–Crippen LogP) is 3.39. The van der Waals surface area contributed by atoms with E-state index in [1.807, 2.05) is 6.92 Å². The van der Waals surface area contributed by atoms with Gasteiger partial charge in [0.1, 0.15) is 0 Å². The van der Waals surface area contributed by atoms with Crippen molar-refractivity contribution in [2.75, 3.05) is 11.1 Å². The quantitative estimate of drug-likeness (QED) is 0.624. The molecule has 5 nitrogen and oxygen atoms in total. The number of nitrogens with one attached hydrogen (secondary N) is 2. The van der Waals surface area contributed by atoms with Crippen LogP contribution in [0.5, 0.6) is 0 Å². The molecule has 2 N–H and O–H groups in total. The number of H-pyrrole nitrogens is 1. The molecule has 0 aliphatic rings. The number of rotatable bonds is 5. The van der Waals surface area contributed by atoms with Gasteiger partial charge in [0.15, 0.2) is 5.16 Å². The molecular weight excluding hydrogens is 355 g/mol. The number of aryl methyl sites for hydroxylation is 1. The van der Waals surface area contributed by atoms with Crippen LogP contribution < -0.4 is 10.9 Å². The number of hydrogen-bond acceptors (Lipinski definition) is 4. The summed E-state index contributed by atoms with van der Waals surface area (Å²) in [5.74, 6) is -0.445. The summed E-state index contributed by atoms with van der Waals surface area (Å²) < 4.78 is 37.4. The molecule has 25 heavy (non-hydrogen) atoms. The van der Waals surface area contributed by atoms with Gasteiger partial charge >= 0.3 is 6.18 Å². The number of amides is 1. The summed E-state index contributed by atoms with van der Waals surface area (Å²) >= 11 is 1.04. The molecule has 0 aliphatic heterocycles. The van der Waals surface area contributed by atoms with Crippen molar-refractivity contribution in [1.82, 2.24) is 9.97 Å². The van der Waals surface area contributed by atoms with Crippen LogP contribution in [0.4, 0.5) is 18.9 Å². The highest BCUT2D eigenvalue weighted by molar-refractivity contribution is 7.99. The SMILES string of the molecule is CCc1c(C)nc(SCC(=O)Nc2ccc(C(F)(F)F)cc2)[nH]c1=O. The van der Waals surface area contributed by atoms with Crippen molar-refractivity contribution >= 4 is 23.4 Å². The first-order valence-corrected chi connectivity index (χ1v) is 8.39. The molecule has 1 amide bonds. The molecule has 2 aromatic rings. The van der Waals surface area contributed by atoms with Crippen LogP contribution in [0.2, 0.25) is 0 Å². The largest absolute Gasteiger partial charge is 0.416 e. The van der Waals surface area contributed by atoms with Crippen molar-refractivity contribution in [2.45, 2.75) is 31.6 Å². The van der Waals surface area contributed by atoms with Gasteiger partial charge in [0.05, 0.1) is 11.3 Å². The van der Waals surface area contributed by atoms with Crippen molar-refractivity contribution in [1.29, 1.82) is 0 Å². The molecule has 1 aromatic heterocycles. The first-order chi connectivity index (χ1) is 11.7. The third-order valence-corrected chi connectivity index (χ3v) is 4.26. The van der Waals surface area contributed by atoms with Gasteiger partial charge in [-0.3, -0.25) is 9.59 Å². The van der Waals surface area contributed by atoms with Gasteiger partial charge in [-0.05, 0) is 37.6 Å². The number of halogens is 3. The number of aromatic nitrogens is 2. The third-order valence-electron chi connectivity index (χ3n) is 3.39. The minimum absolute atomic E-state index is 0.0329. The molecule has 1 aromatic carbocycles. The van der Waals surface area contributed by atoms with Crippen LogP contribution in [0.3, 0.4) is 0 Å². The summed E-state index contributed by atoms with van der Waals surface area (Å²) in [5.41, 5.74) is 0.446. The van der Waals surface area contributed by atoms with E-state index in [0.29, 0.717) is 22.8 Å². The zero-order valence-corrected chi connectivity index (χ0v) is 14.3. The Morgan fingerprint density at radius 2 is 1.92 bits per heavy atom. The smallest absolute Gasteiger partial charge is 0.325 e. The normalized spacial score (nSPS) is 11.4. The highest BCUT2D eigenvalue weighted by Gasteiger charge is 2.29. The second-order valence-electron chi connectivity index (χ2n) is 5.20. The first kappa shape index (κ1) is 19.0. The van der Waals surface area contributed by atoms with Crippen LogP contribution >= 0.6 is 11.8 Å². The Balaban J connectivity index is 1.96. The lowest BCUT2D eigenvalue weighted by molar-refractivity contribution is -0.137. The van der Waals surface area contributed by atoms with Gasteiger partial charge in [-0.15, -0.1) is 0 Å². The van der Waals surface area contributed by atoms with Crippen molar-refractivity contribution in [2.24, 2.45) is 0 Å². The van der Waals surface area contributed by atoms with Crippen molar-refractivity contribution < 1.29 is 18.0 Å². The molecule has 0 bridgehead atoms. The zero-order chi connectivity index (χ0) is 18.6. The average molecular weight is 371 g/mol. The van der Waals surface area contributed by atoms with E-state index in [1.54, 1.807) is 6.92 Å². The summed E-state index contributed by atoms with van der Waals surface area (Å²) in [5, 5.41) is 2.82. The monoisotopic (exact) mass is 371 g/mol. The topological polar surface area (TPSA) is 74.8 Å². The fourth-order valence-electron chi connectivity index (χ4n) is 2.14. The maximum atomic E-state index is 12.5. The van der Waals surface area contributed by atoms with E-state index in [1.165, 1.54) is 12.1 Å². The second-order valence-corrected chi connectivity index (χ2v) is 6.16. The number of alkyl halides is 3. The Bertz CT molecular complexity index is 817. The van der Waals surface area contributed by atoms with E-state index in [2.05, 4.69) is 15.3 Å². The number of carbonyl (C=O) groups excluding carboxylic acids is 1. The van der Waals surface area contributed by atoms with Gasteiger partial charge in [0, 0.05) is 16.9 Å². The molecule has 0 saturated carbocycles. The van der Waals surface area contributed by atoms with Crippen LogP contribution in [0.1, 0.15) is 23.7 Å². The summed E-state index contributed by atoms with van der Waals surface area (Å²) in [6.45, 7) is 3.57. The number of hydrogen-bond donors (Lipinski definition) is 2. The van der Waals surface area contributed by atoms with Gasteiger partial charge in [-0.2, -0.15) is 13.2 Å². The molecule has 0 saturated heterocycles. The van der Waals surface area contributed by atoms with E-state index >= 15 is 0 Å². The van der Waals surface area contributed by atoms with Gasteiger partial charge in [-0.25, -0.2) is 4.98 Å². The molecule has 0 spiro atoms. The van der Waals surface area contributed by atoms with Gasteiger partial charge in [0.2, 0.25) is 5.91 Å². The molecule has 134 valence electrons. The number of nitrogens with zero attached hydrogens (tertiary/aromatic N) is 1. The zero-order valence-electron chi connectivity index (χ0n) is 13.5. The Morgan fingerprint density at radius 3 is 2.44 bits per heavy atom. The molecule has 0 atom stereocenters. The van der Waals surface area contributed by atoms with Crippen LogP contribution in [0.15, 0.2) is 34.2 Å². The fourth-order valence-corrected chi connectivity index (χ4v) is 2.85. The third kappa shape index (κ3) is 5.09. The molecule has 0 radical (unpaired) electrons. The minimum atomic E-state index is -4.42. The number of thioether (sulfide) groups is 1. The molecule has 1 heterocycles.